The molecule has 2 saturated heterocycles. The standard InChI is InChI=1S/C23H35N3O5S/c1-16(2)22(25-14-17(3)31-18(4)15-25)23(28)24-10-12-26(13-11-24)32(29,30)21-8-6-20(7-9-21)19(5)27/h6-9,16-18,22H,10-15H2,1-5H3. The second-order valence-electron chi connectivity index (χ2n) is 9.21. The van der Waals surface area contributed by atoms with E-state index in [0.29, 0.717) is 31.7 Å². The van der Waals surface area contributed by atoms with E-state index in [9.17, 15) is 18.0 Å². The third kappa shape index (κ3) is 5.39. The number of hydrogen-bond donors (Lipinski definition) is 0. The molecule has 9 heteroatoms. The molecule has 32 heavy (non-hydrogen) atoms. The molecule has 0 spiro atoms. The number of ketones is 1. The number of sulfonamides is 1. The Morgan fingerprint density at radius 1 is 0.969 bits per heavy atom. The van der Waals surface area contributed by atoms with E-state index < -0.39 is 10.0 Å². The number of carbonyl (C=O) groups is 2. The maximum absolute atomic E-state index is 13.4. The summed E-state index contributed by atoms with van der Waals surface area (Å²) in [5, 5.41) is 0. The Balaban J connectivity index is 1.67. The lowest BCUT2D eigenvalue weighted by Crippen LogP contribution is -2.60. The van der Waals surface area contributed by atoms with Gasteiger partial charge in [-0.3, -0.25) is 14.5 Å². The van der Waals surface area contributed by atoms with Crippen molar-refractivity contribution in [2.75, 3.05) is 39.3 Å². The molecule has 3 rings (SSSR count). The number of Topliss-reactive ketones (excluding diaryl/α,β-unsaturated/α-hetero) is 1. The fraction of sp³-hybridized carbons (Fsp3) is 0.652. The highest BCUT2D eigenvalue weighted by molar-refractivity contribution is 7.89. The van der Waals surface area contributed by atoms with Crippen LogP contribution in [0.2, 0.25) is 0 Å². The van der Waals surface area contributed by atoms with Crippen molar-refractivity contribution >= 4 is 21.7 Å². The quantitative estimate of drug-likeness (QED) is 0.596. The monoisotopic (exact) mass is 465 g/mol. The van der Waals surface area contributed by atoms with Crippen LogP contribution in [0.1, 0.15) is 45.0 Å². The molecule has 0 aliphatic carbocycles. The van der Waals surface area contributed by atoms with Gasteiger partial charge in [0.2, 0.25) is 15.9 Å². The van der Waals surface area contributed by atoms with Gasteiger partial charge >= 0.3 is 0 Å². The minimum Gasteiger partial charge on any atom is -0.373 e. The number of piperazine rings is 1. The average Bonchev–Trinajstić information content (AvgIpc) is 2.73. The summed E-state index contributed by atoms with van der Waals surface area (Å²) in [5.74, 6) is 0.0931. The Bertz CT molecular complexity index is 913. The van der Waals surface area contributed by atoms with Crippen molar-refractivity contribution in [2.24, 2.45) is 5.92 Å². The summed E-state index contributed by atoms with van der Waals surface area (Å²) in [6.45, 7) is 12.3. The van der Waals surface area contributed by atoms with E-state index in [1.165, 1.54) is 35.5 Å². The van der Waals surface area contributed by atoms with Crippen LogP contribution in [0.5, 0.6) is 0 Å². The van der Waals surface area contributed by atoms with Gasteiger partial charge in [-0.25, -0.2) is 8.42 Å². The zero-order valence-electron chi connectivity index (χ0n) is 19.7. The number of hydrogen-bond acceptors (Lipinski definition) is 6. The van der Waals surface area contributed by atoms with Gasteiger partial charge in [-0.1, -0.05) is 26.0 Å². The summed E-state index contributed by atoms with van der Waals surface area (Å²) >= 11 is 0. The van der Waals surface area contributed by atoms with E-state index in [-0.39, 0.29) is 53.8 Å². The lowest BCUT2D eigenvalue weighted by atomic mass is 9.98. The second kappa shape index (κ2) is 9.99. The van der Waals surface area contributed by atoms with Crippen LogP contribution in [0, 0.1) is 5.92 Å². The molecule has 2 heterocycles. The molecule has 2 aliphatic heterocycles. The van der Waals surface area contributed by atoms with Crippen molar-refractivity contribution < 1.29 is 22.7 Å². The predicted molar refractivity (Wildman–Crippen MR) is 122 cm³/mol. The fourth-order valence-corrected chi connectivity index (χ4v) is 6.08. The molecule has 3 atom stereocenters. The van der Waals surface area contributed by atoms with Crippen LogP contribution in [-0.2, 0) is 19.6 Å². The molecular formula is C23H35N3O5S. The van der Waals surface area contributed by atoms with Crippen molar-refractivity contribution in [3.05, 3.63) is 29.8 Å². The molecule has 3 unspecified atom stereocenters. The van der Waals surface area contributed by atoms with E-state index in [4.69, 9.17) is 4.74 Å². The number of benzene rings is 1. The molecule has 8 nitrogen and oxygen atoms in total. The number of nitrogens with zero attached hydrogens (tertiary/aromatic N) is 3. The van der Waals surface area contributed by atoms with Crippen LogP contribution >= 0.6 is 0 Å². The van der Waals surface area contributed by atoms with Gasteiger partial charge in [-0.05, 0) is 38.8 Å². The van der Waals surface area contributed by atoms with E-state index in [0.717, 1.165) is 0 Å². The Labute approximate surface area is 191 Å². The predicted octanol–water partition coefficient (Wildman–Crippen LogP) is 1.86. The molecule has 1 amide bonds. The summed E-state index contributed by atoms with van der Waals surface area (Å²) in [6, 6.07) is 5.77. The topological polar surface area (TPSA) is 87.2 Å². The van der Waals surface area contributed by atoms with Gasteiger partial charge in [-0.15, -0.1) is 0 Å². The summed E-state index contributed by atoms with van der Waals surface area (Å²) in [4.78, 5) is 29.0. The molecule has 1 aromatic rings. The van der Waals surface area contributed by atoms with Crippen molar-refractivity contribution in [3.8, 4) is 0 Å². The van der Waals surface area contributed by atoms with Crippen molar-refractivity contribution in [2.45, 2.75) is 57.8 Å². The Hall–Kier alpha value is -1.81. The van der Waals surface area contributed by atoms with E-state index in [1.807, 2.05) is 13.8 Å². The number of morpholine rings is 1. The first-order valence-electron chi connectivity index (χ1n) is 11.3. The zero-order valence-corrected chi connectivity index (χ0v) is 20.5. The first-order valence-corrected chi connectivity index (χ1v) is 12.7. The molecule has 0 aromatic heterocycles. The second-order valence-corrected chi connectivity index (χ2v) is 11.1. The molecule has 2 fully saturated rings. The van der Waals surface area contributed by atoms with Gasteiger partial charge in [0.15, 0.2) is 5.78 Å². The van der Waals surface area contributed by atoms with Gasteiger partial charge in [0.25, 0.3) is 0 Å². The van der Waals surface area contributed by atoms with Crippen molar-refractivity contribution in [1.29, 1.82) is 0 Å². The highest BCUT2D eigenvalue weighted by Gasteiger charge is 2.38. The Morgan fingerprint density at radius 2 is 1.50 bits per heavy atom. The summed E-state index contributed by atoms with van der Waals surface area (Å²) < 4.78 is 33.3. The normalized spacial score (nSPS) is 24.5. The molecule has 0 N–H and O–H groups in total. The number of rotatable bonds is 6. The minimum atomic E-state index is -3.67. The molecule has 178 valence electrons. The maximum atomic E-state index is 13.4. The molecular weight excluding hydrogens is 430 g/mol. The van der Waals surface area contributed by atoms with E-state index in [2.05, 4.69) is 18.7 Å². The summed E-state index contributed by atoms with van der Waals surface area (Å²) in [7, 11) is -3.67. The third-order valence-electron chi connectivity index (χ3n) is 6.17. The number of ether oxygens (including phenoxy) is 1. The third-order valence-corrected chi connectivity index (χ3v) is 8.09. The number of amides is 1. The Morgan fingerprint density at radius 3 is 1.97 bits per heavy atom. The molecule has 0 radical (unpaired) electrons. The van der Waals surface area contributed by atoms with Crippen molar-refractivity contribution in [3.63, 3.8) is 0 Å². The molecule has 0 saturated carbocycles. The van der Waals surface area contributed by atoms with Gasteiger partial charge in [0.05, 0.1) is 23.1 Å². The lowest BCUT2D eigenvalue weighted by molar-refractivity contribution is -0.146. The molecule has 2 aliphatic rings. The number of carbonyl (C=O) groups excluding carboxylic acids is 2. The van der Waals surface area contributed by atoms with Crippen LogP contribution < -0.4 is 0 Å². The van der Waals surface area contributed by atoms with Crippen LogP contribution in [0.15, 0.2) is 29.2 Å². The summed E-state index contributed by atoms with van der Waals surface area (Å²) in [6.07, 6.45) is 0.147. The fourth-order valence-electron chi connectivity index (χ4n) is 4.65. The smallest absolute Gasteiger partial charge is 0.243 e. The highest BCUT2D eigenvalue weighted by Crippen LogP contribution is 2.23. The first-order chi connectivity index (χ1) is 15.0. The Kier molecular flexibility index (Phi) is 7.75. The minimum absolute atomic E-state index is 0.0594. The van der Waals surface area contributed by atoms with Gasteiger partial charge in [0, 0.05) is 44.8 Å². The van der Waals surface area contributed by atoms with E-state index >= 15 is 0 Å². The lowest BCUT2D eigenvalue weighted by Gasteiger charge is -2.43. The molecule has 1 aromatic carbocycles. The molecule has 0 bridgehead atoms. The first kappa shape index (κ1) is 24.8. The maximum Gasteiger partial charge on any atom is 0.243 e. The highest BCUT2D eigenvalue weighted by atomic mass is 32.2. The van der Waals surface area contributed by atoms with Gasteiger partial charge in [0.1, 0.15) is 0 Å². The van der Waals surface area contributed by atoms with Crippen LogP contribution in [0.3, 0.4) is 0 Å². The van der Waals surface area contributed by atoms with Gasteiger partial charge < -0.3 is 9.64 Å². The largest absolute Gasteiger partial charge is 0.373 e. The average molecular weight is 466 g/mol. The van der Waals surface area contributed by atoms with Gasteiger partial charge in [-0.2, -0.15) is 4.31 Å². The van der Waals surface area contributed by atoms with Crippen molar-refractivity contribution in [1.82, 2.24) is 14.1 Å². The summed E-state index contributed by atoms with van der Waals surface area (Å²) in [5.41, 5.74) is 0.478. The van der Waals surface area contributed by atoms with Crippen LogP contribution in [-0.4, -0.2) is 91.7 Å². The SMILES string of the molecule is CC(=O)c1ccc(S(=O)(=O)N2CCN(C(=O)C(C(C)C)N3CC(C)OC(C)C3)CC2)cc1. The van der Waals surface area contributed by atoms with E-state index in [1.54, 1.807) is 4.90 Å². The zero-order chi connectivity index (χ0) is 23.6. The van der Waals surface area contributed by atoms with Crippen LogP contribution in [0.4, 0.5) is 0 Å². The van der Waals surface area contributed by atoms with Crippen LogP contribution in [0.25, 0.3) is 0 Å².